The lowest BCUT2D eigenvalue weighted by Gasteiger charge is -2.34. The smallest absolute Gasteiger partial charge is 0.254 e. The van der Waals surface area contributed by atoms with E-state index in [9.17, 15) is 4.79 Å². The van der Waals surface area contributed by atoms with E-state index in [2.05, 4.69) is 22.2 Å². The lowest BCUT2D eigenvalue weighted by atomic mass is 10.1. The van der Waals surface area contributed by atoms with Crippen molar-refractivity contribution in [1.82, 2.24) is 9.88 Å². The second-order valence-corrected chi connectivity index (χ2v) is 6.76. The first-order chi connectivity index (χ1) is 11.7. The fraction of sp³-hybridized carbons (Fsp3) is 0.444. The molecule has 24 heavy (non-hydrogen) atoms. The maximum Gasteiger partial charge on any atom is 0.254 e. The number of hydrogen-bond donors (Lipinski definition) is 0. The first kappa shape index (κ1) is 16.8. The summed E-state index contributed by atoms with van der Waals surface area (Å²) >= 11 is 1.67. The molecule has 3 rings (SSSR count). The van der Waals surface area contributed by atoms with Gasteiger partial charge in [0.15, 0.2) is 5.13 Å². The lowest BCUT2D eigenvalue weighted by Crippen LogP contribution is -2.48. The molecular formula is C18H23N3O2S. The third-order valence-electron chi connectivity index (χ3n) is 4.00. The minimum absolute atomic E-state index is 0.0758. The molecule has 2 heterocycles. The van der Waals surface area contributed by atoms with Crippen molar-refractivity contribution >= 4 is 22.4 Å². The van der Waals surface area contributed by atoms with Crippen LogP contribution in [0.25, 0.3) is 0 Å². The molecule has 6 heteroatoms. The normalized spacial score (nSPS) is 14.8. The number of thiazole rings is 1. The topological polar surface area (TPSA) is 45.7 Å². The zero-order chi connectivity index (χ0) is 16.9. The van der Waals surface area contributed by atoms with Crippen molar-refractivity contribution in [1.29, 1.82) is 0 Å². The molecule has 1 amide bonds. The Balaban J connectivity index is 1.60. The Hall–Kier alpha value is -2.08. The average molecular weight is 345 g/mol. The quantitative estimate of drug-likeness (QED) is 0.835. The van der Waals surface area contributed by atoms with Crippen LogP contribution in [0, 0.1) is 6.92 Å². The molecule has 0 saturated carbocycles. The summed E-state index contributed by atoms with van der Waals surface area (Å²) in [6.45, 7) is 7.83. The van der Waals surface area contributed by atoms with Crippen LogP contribution in [0.1, 0.15) is 29.4 Å². The molecule has 2 aromatic rings. The van der Waals surface area contributed by atoms with Gasteiger partial charge >= 0.3 is 0 Å². The monoisotopic (exact) mass is 345 g/mol. The molecule has 5 nitrogen and oxygen atoms in total. The van der Waals surface area contributed by atoms with Crippen molar-refractivity contribution in [3.8, 4) is 5.75 Å². The molecule has 0 bridgehead atoms. The Morgan fingerprint density at radius 3 is 2.75 bits per heavy atom. The van der Waals surface area contributed by atoms with Gasteiger partial charge in [-0.2, -0.15) is 0 Å². The molecule has 0 unspecified atom stereocenters. The van der Waals surface area contributed by atoms with E-state index in [0.717, 1.165) is 49.2 Å². The van der Waals surface area contributed by atoms with Crippen molar-refractivity contribution in [2.24, 2.45) is 0 Å². The first-order valence-corrected chi connectivity index (χ1v) is 9.24. The molecule has 128 valence electrons. The average Bonchev–Trinajstić information content (AvgIpc) is 3.06. The van der Waals surface area contributed by atoms with E-state index in [1.807, 2.05) is 36.1 Å². The van der Waals surface area contributed by atoms with Crippen molar-refractivity contribution < 1.29 is 9.53 Å². The van der Waals surface area contributed by atoms with E-state index in [1.165, 1.54) is 0 Å². The van der Waals surface area contributed by atoms with Crippen LogP contribution in [0.4, 0.5) is 5.13 Å². The number of aryl methyl sites for hydroxylation is 1. The van der Waals surface area contributed by atoms with Gasteiger partial charge in [-0.25, -0.2) is 4.98 Å². The number of anilines is 1. The Bertz CT molecular complexity index is 693. The molecule has 0 radical (unpaired) electrons. The van der Waals surface area contributed by atoms with Crippen LogP contribution in [0.2, 0.25) is 0 Å². The molecule has 1 aromatic heterocycles. The Labute approximate surface area is 146 Å². The molecule has 0 aliphatic carbocycles. The summed E-state index contributed by atoms with van der Waals surface area (Å²) in [6, 6.07) is 7.48. The van der Waals surface area contributed by atoms with Crippen LogP contribution in [0.15, 0.2) is 29.6 Å². The molecule has 0 spiro atoms. The summed E-state index contributed by atoms with van der Waals surface area (Å²) in [7, 11) is 0. The van der Waals surface area contributed by atoms with Gasteiger partial charge in [-0.15, -0.1) is 11.3 Å². The van der Waals surface area contributed by atoms with E-state index in [-0.39, 0.29) is 5.91 Å². The SMILES string of the molecule is CCCOc1cccc(C(=O)N2CCN(c3nc(C)cs3)CC2)c1. The van der Waals surface area contributed by atoms with Gasteiger partial charge in [0, 0.05) is 37.1 Å². The first-order valence-electron chi connectivity index (χ1n) is 8.36. The number of piperazine rings is 1. The Morgan fingerprint density at radius 2 is 2.08 bits per heavy atom. The zero-order valence-corrected chi connectivity index (χ0v) is 15.0. The molecule has 1 fully saturated rings. The number of rotatable bonds is 5. The number of amides is 1. The maximum absolute atomic E-state index is 12.7. The highest BCUT2D eigenvalue weighted by atomic mass is 32.1. The van der Waals surface area contributed by atoms with E-state index in [0.29, 0.717) is 12.2 Å². The number of aromatic nitrogens is 1. The highest BCUT2D eigenvalue weighted by Crippen LogP contribution is 2.22. The maximum atomic E-state index is 12.7. The fourth-order valence-electron chi connectivity index (χ4n) is 2.71. The molecule has 0 atom stereocenters. The second-order valence-electron chi connectivity index (χ2n) is 5.93. The van der Waals surface area contributed by atoms with E-state index in [1.54, 1.807) is 11.3 Å². The number of carbonyl (C=O) groups excluding carboxylic acids is 1. The van der Waals surface area contributed by atoms with Crippen LogP contribution in [-0.4, -0.2) is 48.6 Å². The van der Waals surface area contributed by atoms with Crippen LogP contribution >= 0.6 is 11.3 Å². The van der Waals surface area contributed by atoms with Gasteiger partial charge in [0.25, 0.3) is 5.91 Å². The van der Waals surface area contributed by atoms with Gasteiger partial charge in [0.05, 0.1) is 12.3 Å². The van der Waals surface area contributed by atoms with Crippen LogP contribution < -0.4 is 9.64 Å². The van der Waals surface area contributed by atoms with Crippen LogP contribution in [-0.2, 0) is 0 Å². The number of ether oxygens (including phenoxy) is 1. The van der Waals surface area contributed by atoms with Gasteiger partial charge < -0.3 is 14.5 Å². The third-order valence-corrected chi connectivity index (χ3v) is 5.02. The highest BCUT2D eigenvalue weighted by molar-refractivity contribution is 7.13. The Kier molecular flexibility index (Phi) is 5.35. The molecule has 1 aliphatic rings. The molecule has 0 N–H and O–H groups in total. The van der Waals surface area contributed by atoms with Crippen LogP contribution in [0.5, 0.6) is 5.75 Å². The minimum atomic E-state index is 0.0758. The van der Waals surface area contributed by atoms with Gasteiger partial charge in [-0.1, -0.05) is 13.0 Å². The number of hydrogen-bond acceptors (Lipinski definition) is 5. The van der Waals surface area contributed by atoms with Gasteiger partial charge in [0.2, 0.25) is 0 Å². The van der Waals surface area contributed by atoms with E-state index in [4.69, 9.17) is 4.74 Å². The largest absolute Gasteiger partial charge is 0.494 e. The summed E-state index contributed by atoms with van der Waals surface area (Å²) < 4.78 is 5.62. The molecule has 1 saturated heterocycles. The van der Waals surface area contributed by atoms with Gasteiger partial charge in [-0.05, 0) is 31.5 Å². The standard InChI is InChI=1S/C18H23N3O2S/c1-3-11-23-16-6-4-5-15(12-16)17(22)20-7-9-21(10-8-20)18-19-14(2)13-24-18/h4-6,12-13H,3,7-11H2,1-2H3. The molecule has 1 aromatic carbocycles. The predicted molar refractivity (Wildman–Crippen MR) is 97.2 cm³/mol. The summed E-state index contributed by atoms with van der Waals surface area (Å²) in [5.41, 5.74) is 1.75. The number of benzene rings is 1. The fourth-order valence-corrected chi connectivity index (χ4v) is 3.57. The van der Waals surface area contributed by atoms with Crippen molar-refractivity contribution in [3.63, 3.8) is 0 Å². The zero-order valence-electron chi connectivity index (χ0n) is 14.2. The predicted octanol–water partition coefficient (Wildman–Crippen LogP) is 3.20. The van der Waals surface area contributed by atoms with E-state index >= 15 is 0 Å². The number of nitrogens with zero attached hydrogens (tertiary/aromatic N) is 3. The Morgan fingerprint density at radius 1 is 1.29 bits per heavy atom. The van der Waals surface area contributed by atoms with Gasteiger partial charge in [-0.3, -0.25) is 4.79 Å². The van der Waals surface area contributed by atoms with Crippen molar-refractivity contribution in [3.05, 3.63) is 40.9 Å². The summed E-state index contributed by atoms with van der Waals surface area (Å²) in [6.07, 6.45) is 0.955. The lowest BCUT2D eigenvalue weighted by molar-refractivity contribution is 0.0746. The summed E-state index contributed by atoms with van der Waals surface area (Å²) in [5.74, 6) is 0.839. The second kappa shape index (κ2) is 7.66. The van der Waals surface area contributed by atoms with Gasteiger partial charge in [0.1, 0.15) is 5.75 Å². The summed E-state index contributed by atoms with van der Waals surface area (Å²) in [5, 5.41) is 3.11. The van der Waals surface area contributed by atoms with Crippen molar-refractivity contribution in [2.45, 2.75) is 20.3 Å². The van der Waals surface area contributed by atoms with E-state index < -0.39 is 0 Å². The molecular weight excluding hydrogens is 322 g/mol. The third kappa shape index (κ3) is 3.87. The van der Waals surface area contributed by atoms with Crippen LogP contribution in [0.3, 0.4) is 0 Å². The van der Waals surface area contributed by atoms with Crippen molar-refractivity contribution in [2.75, 3.05) is 37.7 Å². The minimum Gasteiger partial charge on any atom is -0.494 e. The number of carbonyl (C=O) groups is 1. The highest BCUT2D eigenvalue weighted by Gasteiger charge is 2.23. The summed E-state index contributed by atoms with van der Waals surface area (Å²) in [4.78, 5) is 21.4. The molecule has 1 aliphatic heterocycles.